The Morgan fingerprint density at radius 1 is 1.34 bits per heavy atom. The molecule has 0 unspecified atom stereocenters. The quantitative estimate of drug-likeness (QED) is 0.404. The first-order valence-corrected chi connectivity index (χ1v) is 11.1. The number of fused-ring (bicyclic) bond motifs is 1. The average Bonchev–Trinajstić information content (AvgIpc) is 3.26. The first kappa shape index (κ1) is 23.8. The van der Waals surface area contributed by atoms with Gasteiger partial charge in [-0.15, -0.1) is 0 Å². The molecule has 2 amide bonds. The molecule has 0 fully saturated rings. The Bertz CT molecular complexity index is 1030. The number of rotatable bonds is 3. The smallest absolute Gasteiger partial charge is 0.340 e. The number of esters is 1. The molecular formula is C18H19BrN4O8S. The van der Waals surface area contributed by atoms with Crippen molar-refractivity contribution in [2.45, 2.75) is 18.4 Å². The number of nitrogens with zero attached hydrogens (tertiary/aromatic N) is 2. The number of carbonyl (C=O) groups excluding carboxylic acids is 3. The van der Waals surface area contributed by atoms with E-state index in [2.05, 4.69) is 36.7 Å². The Morgan fingerprint density at radius 2 is 2.12 bits per heavy atom. The average molecular weight is 531 g/mol. The second-order valence-electron chi connectivity index (χ2n) is 6.46. The number of carbonyl (C=O) groups is 3. The van der Waals surface area contributed by atoms with Gasteiger partial charge in [-0.25, -0.2) is 4.79 Å². The monoisotopic (exact) mass is 530 g/mol. The van der Waals surface area contributed by atoms with Gasteiger partial charge < -0.3 is 34.8 Å². The van der Waals surface area contributed by atoms with Gasteiger partial charge in [0.15, 0.2) is 12.4 Å². The fourth-order valence-electron chi connectivity index (χ4n) is 2.77. The Hall–Kier alpha value is -2.84. The minimum absolute atomic E-state index is 0.0140. The molecule has 14 heteroatoms. The summed E-state index contributed by atoms with van der Waals surface area (Å²) < 4.78 is 15.6. The lowest BCUT2D eigenvalue weighted by Crippen LogP contribution is -2.41. The van der Waals surface area contributed by atoms with Crippen LogP contribution in [0.1, 0.15) is 33.7 Å². The molecule has 172 valence electrons. The van der Waals surface area contributed by atoms with E-state index in [1.54, 1.807) is 0 Å². The molecule has 1 aromatic heterocycles. The van der Waals surface area contributed by atoms with E-state index in [1.807, 2.05) is 0 Å². The summed E-state index contributed by atoms with van der Waals surface area (Å²) in [4.78, 5) is 41.0. The zero-order valence-electron chi connectivity index (χ0n) is 16.7. The number of thioether (sulfide) groups is 1. The maximum Gasteiger partial charge on any atom is 0.340 e. The summed E-state index contributed by atoms with van der Waals surface area (Å²) in [5.41, 5.74) is 0.261. The maximum atomic E-state index is 12.7. The number of hydrogen-bond donors (Lipinski definition) is 4. The Labute approximate surface area is 194 Å². The number of methoxy groups -OCH3 is 1. The van der Waals surface area contributed by atoms with Gasteiger partial charge in [-0.05, 0) is 15.9 Å². The van der Waals surface area contributed by atoms with Gasteiger partial charge in [-0.1, -0.05) is 5.16 Å². The van der Waals surface area contributed by atoms with E-state index < -0.39 is 37.0 Å². The van der Waals surface area contributed by atoms with Crippen molar-refractivity contribution in [2.24, 2.45) is 0 Å². The van der Waals surface area contributed by atoms with Crippen LogP contribution < -0.4 is 15.4 Å². The zero-order valence-corrected chi connectivity index (χ0v) is 19.1. The second-order valence-corrected chi connectivity index (χ2v) is 8.28. The van der Waals surface area contributed by atoms with Crippen molar-refractivity contribution in [3.8, 4) is 11.5 Å². The van der Waals surface area contributed by atoms with Gasteiger partial charge in [-0.2, -0.15) is 16.7 Å². The van der Waals surface area contributed by atoms with Crippen LogP contribution in [0, 0.1) is 0 Å². The molecule has 2 aromatic rings. The highest BCUT2D eigenvalue weighted by Crippen LogP contribution is 2.39. The number of hydrogen-bond acceptors (Lipinski definition) is 11. The van der Waals surface area contributed by atoms with Crippen molar-refractivity contribution in [3.05, 3.63) is 33.4 Å². The number of aromatic hydroxyl groups is 1. The fraction of sp³-hybridized carbons (Fsp3) is 0.389. The summed E-state index contributed by atoms with van der Waals surface area (Å²) in [6.45, 7) is -1.43. The van der Waals surface area contributed by atoms with E-state index in [1.165, 1.54) is 24.9 Å². The number of aromatic nitrogens is 2. The van der Waals surface area contributed by atoms with E-state index in [4.69, 9.17) is 19.1 Å². The third-order valence-electron chi connectivity index (χ3n) is 4.31. The molecule has 12 nitrogen and oxygen atoms in total. The number of cyclic esters (lactones) is 1. The van der Waals surface area contributed by atoms with Crippen LogP contribution in [-0.4, -0.2) is 64.2 Å². The molecule has 0 aliphatic carbocycles. The van der Waals surface area contributed by atoms with Gasteiger partial charge >= 0.3 is 5.97 Å². The van der Waals surface area contributed by atoms with Crippen LogP contribution in [0.3, 0.4) is 0 Å². The van der Waals surface area contributed by atoms with Gasteiger partial charge in [0.25, 0.3) is 5.91 Å². The SMILES string of the molecule is COc1cc(O)c2c(c1Br)C(=O)OCC(=O)NCC(=O)N[C@H](c1nc(CO)no1)CSC2. The van der Waals surface area contributed by atoms with E-state index in [9.17, 15) is 19.5 Å². The predicted octanol–water partition coefficient (Wildman–Crippen LogP) is 0.416. The molecule has 1 atom stereocenters. The molecule has 0 bridgehead atoms. The number of phenolic OH excluding ortho intramolecular Hbond substituents is 1. The minimum Gasteiger partial charge on any atom is -0.507 e. The molecule has 0 radical (unpaired) electrons. The van der Waals surface area contributed by atoms with Crippen molar-refractivity contribution < 1.29 is 38.6 Å². The molecule has 0 saturated carbocycles. The van der Waals surface area contributed by atoms with Crippen LogP contribution in [0.5, 0.6) is 11.5 Å². The Morgan fingerprint density at radius 3 is 2.81 bits per heavy atom. The zero-order chi connectivity index (χ0) is 23.3. The minimum atomic E-state index is -0.848. The first-order valence-electron chi connectivity index (χ1n) is 9.16. The highest BCUT2D eigenvalue weighted by molar-refractivity contribution is 9.10. The number of aliphatic hydroxyl groups is 1. The molecule has 32 heavy (non-hydrogen) atoms. The fourth-order valence-corrected chi connectivity index (χ4v) is 4.52. The van der Waals surface area contributed by atoms with Gasteiger partial charge in [0.1, 0.15) is 24.1 Å². The second kappa shape index (κ2) is 10.7. The van der Waals surface area contributed by atoms with E-state index >= 15 is 0 Å². The lowest BCUT2D eigenvalue weighted by Gasteiger charge is -2.18. The molecule has 3 rings (SSSR count). The van der Waals surface area contributed by atoms with E-state index in [0.29, 0.717) is 0 Å². The molecule has 1 aliphatic rings. The molecule has 1 aromatic carbocycles. The van der Waals surface area contributed by atoms with Crippen molar-refractivity contribution in [1.29, 1.82) is 0 Å². The molecule has 0 spiro atoms. The lowest BCUT2D eigenvalue weighted by molar-refractivity contribution is -0.128. The third kappa shape index (κ3) is 5.49. The van der Waals surface area contributed by atoms with Gasteiger partial charge in [0.05, 0.1) is 23.7 Å². The number of halogens is 1. The van der Waals surface area contributed by atoms with Crippen LogP contribution in [0.2, 0.25) is 0 Å². The van der Waals surface area contributed by atoms with Crippen molar-refractivity contribution in [3.63, 3.8) is 0 Å². The van der Waals surface area contributed by atoms with Crippen LogP contribution in [0.25, 0.3) is 0 Å². The molecule has 4 N–H and O–H groups in total. The van der Waals surface area contributed by atoms with Crippen molar-refractivity contribution in [1.82, 2.24) is 20.8 Å². The van der Waals surface area contributed by atoms with Crippen molar-refractivity contribution in [2.75, 3.05) is 26.0 Å². The van der Waals surface area contributed by atoms with Crippen LogP contribution in [0.15, 0.2) is 15.1 Å². The van der Waals surface area contributed by atoms with Crippen LogP contribution in [-0.2, 0) is 26.7 Å². The summed E-state index contributed by atoms with van der Waals surface area (Å²) in [7, 11) is 1.38. The van der Waals surface area contributed by atoms with Gasteiger partial charge in [0, 0.05) is 23.1 Å². The standard InChI is InChI=1S/C18H19BrN4O8S/c1-29-11-2-10(25)8-6-32-7-9(17-22-12(4-24)23-31-17)21-13(26)3-20-14(27)5-30-18(28)15(8)16(11)19/h2,9,24-25H,3-7H2,1H3,(H,20,27)(H,21,26)/t9-/m0/s1. The third-order valence-corrected chi connectivity index (χ3v) is 6.16. The molecule has 0 saturated heterocycles. The molecular weight excluding hydrogens is 512 g/mol. The summed E-state index contributed by atoms with van der Waals surface area (Å²) in [5, 5.41) is 28.3. The van der Waals surface area contributed by atoms with Crippen molar-refractivity contribution >= 4 is 45.5 Å². The van der Waals surface area contributed by atoms with Crippen LogP contribution >= 0.6 is 27.7 Å². The van der Waals surface area contributed by atoms with Gasteiger partial charge in [-0.3, -0.25) is 9.59 Å². The number of benzene rings is 1. The summed E-state index contributed by atoms with van der Waals surface area (Å²) in [5.74, 6) is -1.61. The normalized spacial score (nSPS) is 18.1. The number of nitrogens with one attached hydrogen (secondary N) is 2. The van der Waals surface area contributed by atoms with Gasteiger partial charge in [0.2, 0.25) is 11.8 Å². The van der Waals surface area contributed by atoms with E-state index in [0.717, 1.165) is 0 Å². The number of amides is 2. The number of phenols is 1. The first-order chi connectivity index (χ1) is 15.3. The number of aliphatic hydroxyl groups excluding tert-OH is 1. The summed E-state index contributed by atoms with van der Waals surface area (Å²) in [6.07, 6.45) is 0. The number of ether oxygens (including phenoxy) is 2. The van der Waals surface area contributed by atoms with Crippen LogP contribution in [0.4, 0.5) is 0 Å². The van der Waals surface area contributed by atoms with E-state index in [-0.39, 0.29) is 56.9 Å². The topological polar surface area (TPSA) is 173 Å². The summed E-state index contributed by atoms with van der Waals surface area (Å²) >= 11 is 4.55. The predicted molar refractivity (Wildman–Crippen MR) is 113 cm³/mol. The molecule has 1 aliphatic heterocycles. The Balaban J connectivity index is 1.95. The maximum absolute atomic E-state index is 12.7. The lowest BCUT2D eigenvalue weighted by atomic mass is 10.1. The highest BCUT2D eigenvalue weighted by atomic mass is 79.9. The summed E-state index contributed by atoms with van der Waals surface area (Å²) in [6, 6.07) is 0.594. The Kier molecular flexibility index (Phi) is 7.93. The highest BCUT2D eigenvalue weighted by Gasteiger charge is 2.27. The largest absolute Gasteiger partial charge is 0.507 e. The molecule has 2 heterocycles.